The standard InChI is InChI=1S/C34H46BrN5O6S2/c1-22(2)18-39(48(44,45)31-17-26(35)12-13-30(31)46-6)20-29(41)28(16-25-10-8-7-9-11-25)37-33(42)32(23(3)4)40-15-14-38(34(40)43)19-27-21-47-24(5)36-27/h7-13,17,21-23,28-29,32,41H,14-16,18-20H2,1-6H3,(H,37,42)/t28-,29-,32-/m0/s1. The van der Waals surface area contributed by atoms with Crippen LogP contribution in [0.25, 0.3) is 0 Å². The van der Waals surface area contributed by atoms with Gasteiger partial charge in [0.15, 0.2) is 0 Å². The van der Waals surface area contributed by atoms with Crippen molar-refractivity contribution in [3.05, 3.63) is 74.6 Å². The van der Waals surface area contributed by atoms with Crippen LogP contribution in [0.3, 0.4) is 0 Å². The highest BCUT2D eigenvalue weighted by Crippen LogP contribution is 2.31. The fourth-order valence-corrected chi connectivity index (χ4v) is 8.83. The monoisotopic (exact) mass is 763 g/mol. The molecule has 262 valence electrons. The van der Waals surface area contributed by atoms with E-state index in [1.807, 2.05) is 70.3 Å². The van der Waals surface area contributed by atoms with Crippen LogP contribution in [0.4, 0.5) is 4.79 Å². The van der Waals surface area contributed by atoms with Crippen LogP contribution in [-0.4, -0.2) is 96.0 Å². The van der Waals surface area contributed by atoms with E-state index in [2.05, 4.69) is 26.2 Å². The molecule has 3 aromatic rings. The van der Waals surface area contributed by atoms with Gasteiger partial charge in [-0.25, -0.2) is 18.2 Å². The first-order chi connectivity index (χ1) is 22.7. The Balaban J connectivity index is 1.60. The number of halogens is 1. The lowest BCUT2D eigenvalue weighted by molar-refractivity contribution is -0.128. The summed E-state index contributed by atoms with van der Waals surface area (Å²) in [5.74, 6) is -0.511. The van der Waals surface area contributed by atoms with Gasteiger partial charge in [0.25, 0.3) is 0 Å². The number of aryl methyl sites for hydroxylation is 1. The SMILES string of the molecule is COc1ccc(Br)cc1S(=O)(=O)N(CC(C)C)C[C@H](O)[C@H](Cc1ccccc1)NC(=O)[C@H](C(C)C)N1CCN(Cc2csc(C)n2)C1=O. The number of aromatic nitrogens is 1. The molecule has 3 amide bonds. The summed E-state index contributed by atoms with van der Waals surface area (Å²) in [4.78, 5) is 35.4. The summed E-state index contributed by atoms with van der Waals surface area (Å²) >= 11 is 4.89. The maximum absolute atomic E-state index is 14.1. The summed E-state index contributed by atoms with van der Waals surface area (Å²) in [6.45, 7) is 10.5. The Morgan fingerprint density at radius 3 is 2.44 bits per heavy atom. The molecule has 48 heavy (non-hydrogen) atoms. The molecule has 0 saturated carbocycles. The van der Waals surface area contributed by atoms with Crippen LogP contribution in [0.1, 0.15) is 44.0 Å². The topological polar surface area (TPSA) is 132 Å². The van der Waals surface area contributed by atoms with Crippen LogP contribution in [0, 0.1) is 18.8 Å². The minimum Gasteiger partial charge on any atom is -0.495 e. The van der Waals surface area contributed by atoms with Gasteiger partial charge in [-0.1, -0.05) is 74.0 Å². The molecule has 0 spiro atoms. The van der Waals surface area contributed by atoms with Gasteiger partial charge in [0.05, 0.1) is 36.5 Å². The number of rotatable bonds is 16. The highest BCUT2D eigenvalue weighted by atomic mass is 79.9. The zero-order valence-corrected chi connectivity index (χ0v) is 31.5. The lowest BCUT2D eigenvalue weighted by Crippen LogP contribution is -2.57. The van der Waals surface area contributed by atoms with Crippen LogP contribution < -0.4 is 10.1 Å². The molecule has 3 atom stereocenters. The predicted octanol–water partition coefficient (Wildman–Crippen LogP) is 4.92. The van der Waals surface area contributed by atoms with Gasteiger partial charge in [-0.3, -0.25) is 4.79 Å². The van der Waals surface area contributed by atoms with Crippen molar-refractivity contribution in [3.8, 4) is 5.75 Å². The molecule has 2 heterocycles. The number of nitrogens with one attached hydrogen (secondary N) is 1. The summed E-state index contributed by atoms with van der Waals surface area (Å²) in [6.07, 6.45) is -1.04. The van der Waals surface area contributed by atoms with Crippen molar-refractivity contribution < 1.29 is 27.9 Å². The van der Waals surface area contributed by atoms with E-state index in [1.165, 1.54) is 28.8 Å². The van der Waals surface area contributed by atoms with Crippen LogP contribution >= 0.6 is 27.3 Å². The number of ether oxygens (including phenoxy) is 1. The van der Waals surface area contributed by atoms with Crippen LogP contribution in [0.2, 0.25) is 0 Å². The molecular formula is C34H46BrN5O6S2. The number of hydrogen-bond acceptors (Lipinski definition) is 8. The zero-order valence-electron chi connectivity index (χ0n) is 28.3. The van der Waals surface area contributed by atoms with E-state index in [4.69, 9.17) is 4.74 Å². The quantitative estimate of drug-likeness (QED) is 0.212. The second-order valence-electron chi connectivity index (χ2n) is 12.8. The highest BCUT2D eigenvalue weighted by molar-refractivity contribution is 9.10. The Kier molecular flexibility index (Phi) is 13.0. The third-order valence-corrected chi connectivity index (χ3v) is 11.3. The van der Waals surface area contributed by atoms with Gasteiger partial charge < -0.3 is 25.0 Å². The van der Waals surface area contributed by atoms with Crippen molar-refractivity contribution in [2.75, 3.05) is 33.3 Å². The summed E-state index contributed by atoms with van der Waals surface area (Å²) in [7, 11) is -2.72. The normalized spacial score (nSPS) is 15.8. The van der Waals surface area contributed by atoms with E-state index >= 15 is 0 Å². The first-order valence-corrected chi connectivity index (χ1v) is 19.1. The summed E-state index contributed by atoms with van der Waals surface area (Å²) in [5.41, 5.74) is 1.67. The number of hydrogen-bond donors (Lipinski definition) is 2. The van der Waals surface area contributed by atoms with E-state index in [1.54, 1.807) is 21.9 Å². The molecule has 0 aliphatic carbocycles. The average Bonchev–Trinajstić information content (AvgIpc) is 3.60. The maximum Gasteiger partial charge on any atom is 0.321 e. The smallest absolute Gasteiger partial charge is 0.321 e. The number of sulfonamides is 1. The molecule has 1 aromatic heterocycles. The number of nitrogens with zero attached hydrogens (tertiary/aromatic N) is 4. The molecule has 1 aliphatic heterocycles. The molecule has 1 fully saturated rings. The number of thiazole rings is 1. The zero-order chi connectivity index (χ0) is 35.2. The summed E-state index contributed by atoms with van der Waals surface area (Å²) < 4.78 is 35.4. The number of benzene rings is 2. The molecule has 1 aliphatic rings. The molecule has 2 aromatic carbocycles. The van der Waals surface area contributed by atoms with Gasteiger partial charge in [0.2, 0.25) is 15.9 Å². The summed E-state index contributed by atoms with van der Waals surface area (Å²) in [5, 5.41) is 17.7. The molecule has 1 saturated heterocycles. The van der Waals surface area contributed by atoms with Crippen molar-refractivity contribution in [2.24, 2.45) is 11.8 Å². The van der Waals surface area contributed by atoms with E-state index < -0.39 is 34.1 Å². The van der Waals surface area contributed by atoms with Crippen molar-refractivity contribution in [1.29, 1.82) is 0 Å². The van der Waals surface area contributed by atoms with Crippen LogP contribution in [-0.2, 0) is 27.8 Å². The average molecular weight is 765 g/mol. The fourth-order valence-electron chi connectivity index (χ4n) is 5.91. The summed E-state index contributed by atoms with van der Waals surface area (Å²) in [6, 6.07) is 12.2. The van der Waals surface area contributed by atoms with Crippen molar-refractivity contribution >= 4 is 49.2 Å². The third-order valence-electron chi connectivity index (χ3n) is 8.18. The minimum atomic E-state index is -4.13. The van der Waals surface area contributed by atoms with E-state index in [0.29, 0.717) is 24.1 Å². The van der Waals surface area contributed by atoms with Gasteiger partial charge in [-0.15, -0.1) is 11.3 Å². The number of amides is 3. The highest BCUT2D eigenvalue weighted by Gasteiger charge is 2.41. The molecule has 0 bridgehead atoms. The molecule has 4 rings (SSSR count). The Bertz CT molecular complexity index is 1650. The van der Waals surface area contributed by atoms with E-state index in [-0.39, 0.29) is 48.0 Å². The van der Waals surface area contributed by atoms with Gasteiger partial charge in [0, 0.05) is 36.0 Å². The minimum absolute atomic E-state index is 0.0272. The molecule has 14 heteroatoms. The first kappa shape index (κ1) is 37.8. The van der Waals surface area contributed by atoms with Crippen LogP contribution in [0.5, 0.6) is 5.75 Å². The Morgan fingerprint density at radius 1 is 1.12 bits per heavy atom. The van der Waals surface area contributed by atoms with Crippen molar-refractivity contribution in [2.45, 2.75) is 70.7 Å². The van der Waals surface area contributed by atoms with E-state index in [9.17, 15) is 23.1 Å². The van der Waals surface area contributed by atoms with Gasteiger partial charge >= 0.3 is 6.03 Å². The predicted molar refractivity (Wildman–Crippen MR) is 190 cm³/mol. The van der Waals surface area contributed by atoms with Gasteiger partial charge in [-0.05, 0) is 48.9 Å². The Labute approximate surface area is 296 Å². The third kappa shape index (κ3) is 9.35. The van der Waals surface area contributed by atoms with Crippen LogP contribution in [0.15, 0.2) is 63.3 Å². The number of aliphatic hydroxyl groups excluding tert-OH is 1. The lowest BCUT2D eigenvalue weighted by atomic mass is 9.97. The van der Waals surface area contributed by atoms with Gasteiger partial charge in [-0.2, -0.15) is 4.31 Å². The first-order valence-electron chi connectivity index (χ1n) is 16.0. The Morgan fingerprint density at radius 2 is 1.83 bits per heavy atom. The fraction of sp³-hybridized carbons (Fsp3) is 0.500. The molecule has 0 unspecified atom stereocenters. The van der Waals surface area contributed by atoms with E-state index in [0.717, 1.165) is 16.3 Å². The molecule has 11 nitrogen and oxygen atoms in total. The van der Waals surface area contributed by atoms with Gasteiger partial charge in [0.1, 0.15) is 16.7 Å². The number of carbonyl (C=O) groups excluding carboxylic acids is 2. The number of carbonyl (C=O) groups is 2. The maximum atomic E-state index is 14.1. The van der Waals surface area contributed by atoms with Crippen molar-refractivity contribution in [3.63, 3.8) is 0 Å². The number of urea groups is 1. The second kappa shape index (κ2) is 16.6. The number of aliphatic hydroxyl groups is 1. The van der Waals surface area contributed by atoms with Crippen molar-refractivity contribution in [1.82, 2.24) is 24.4 Å². The second-order valence-corrected chi connectivity index (χ2v) is 16.7. The lowest BCUT2D eigenvalue weighted by Gasteiger charge is -2.34. The number of methoxy groups -OCH3 is 1. The molecular weight excluding hydrogens is 718 g/mol. The Hall–Kier alpha value is -3.04. The molecule has 2 N–H and O–H groups in total. The largest absolute Gasteiger partial charge is 0.495 e. The molecule has 0 radical (unpaired) electrons.